The third-order valence-electron chi connectivity index (χ3n) is 2.15. The molecule has 0 aliphatic carbocycles. The molecule has 0 radical (unpaired) electrons. The van der Waals surface area contributed by atoms with E-state index in [0.29, 0.717) is 0 Å². The van der Waals surface area contributed by atoms with Gasteiger partial charge in [-0.2, -0.15) is 0 Å². The minimum atomic E-state index is -3.63. The van der Waals surface area contributed by atoms with E-state index in [2.05, 4.69) is 0 Å². The first-order valence-electron chi connectivity index (χ1n) is 4.78. The van der Waals surface area contributed by atoms with E-state index < -0.39 is 21.8 Å². The smallest absolute Gasteiger partial charge is 0.335 e. The summed E-state index contributed by atoms with van der Waals surface area (Å²) < 4.78 is 37.1. The number of halogens is 1. The molecule has 0 fully saturated rings. The van der Waals surface area contributed by atoms with Crippen LogP contribution in [0.25, 0.3) is 0 Å². The Balaban J connectivity index is 3.38. The molecule has 0 aliphatic heterocycles. The summed E-state index contributed by atoms with van der Waals surface area (Å²) in [6.45, 7) is 1.56. The van der Waals surface area contributed by atoms with Crippen LogP contribution in [0.15, 0.2) is 18.2 Å². The zero-order valence-electron chi connectivity index (χ0n) is 9.34. The Morgan fingerprint density at radius 1 is 1.47 bits per heavy atom. The van der Waals surface area contributed by atoms with Crippen molar-refractivity contribution in [3.8, 4) is 0 Å². The third kappa shape index (κ3) is 2.94. The molecule has 0 aromatic heterocycles. The van der Waals surface area contributed by atoms with E-state index in [1.165, 1.54) is 6.92 Å². The molecule has 1 rings (SSSR count). The van der Waals surface area contributed by atoms with Gasteiger partial charge in [0.1, 0.15) is 5.82 Å². The van der Waals surface area contributed by atoms with Gasteiger partial charge in [0, 0.05) is 6.54 Å². The SMILES string of the molecule is CCN(c1cc(C(=O)O)ccc1F)S(C)(=O)=O. The summed E-state index contributed by atoms with van der Waals surface area (Å²) in [6.07, 6.45) is 0.934. The van der Waals surface area contributed by atoms with Gasteiger partial charge in [0.15, 0.2) is 0 Å². The molecule has 0 heterocycles. The van der Waals surface area contributed by atoms with Crippen molar-refractivity contribution in [1.29, 1.82) is 0 Å². The molecule has 1 aromatic rings. The summed E-state index contributed by atoms with van der Waals surface area (Å²) in [7, 11) is -3.63. The number of anilines is 1. The van der Waals surface area contributed by atoms with E-state index >= 15 is 0 Å². The summed E-state index contributed by atoms with van der Waals surface area (Å²) in [4.78, 5) is 10.7. The van der Waals surface area contributed by atoms with E-state index in [1.54, 1.807) is 0 Å². The zero-order chi connectivity index (χ0) is 13.2. The van der Waals surface area contributed by atoms with Crippen LogP contribution in [0.3, 0.4) is 0 Å². The highest BCUT2D eigenvalue weighted by molar-refractivity contribution is 7.92. The molecule has 0 amide bonds. The average molecular weight is 261 g/mol. The van der Waals surface area contributed by atoms with Crippen LogP contribution in [-0.4, -0.2) is 32.3 Å². The maximum atomic E-state index is 13.5. The fraction of sp³-hybridized carbons (Fsp3) is 0.300. The van der Waals surface area contributed by atoms with Gasteiger partial charge in [0.25, 0.3) is 0 Å². The number of carbonyl (C=O) groups is 1. The van der Waals surface area contributed by atoms with Gasteiger partial charge in [-0.1, -0.05) is 0 Å². The van der Waals surface area contributed by atoms with Crippen molar-refractivity contribution in [2.75, 3.05) is 17.1 Å². The molecule has 0 unspecified atom stereocenters. The van der Waals surface area contributed by atoms with Crippen molar-refractivity contribution < 1.29 is 22.7 Å². The van der Waals surface area contributed by atoms with Crippen molar-refractivity contribution in [1.82, 2.24) is 0 Å². The van der Waals surface area contributed by atoms with Crippen molar-refractivity contribution in [3.05, 3.63) is 29.6 Å². The molecule has 0 saturated carbocycles. The summed E-state index contributed by atoms with van der Waals surface area (Å²) in [5.74, 6) is -2.02. The molecule has 17 heavy (non-hydrogen) atoms. The Morgan fingerprint density at radius 3 is 2.47 bits per heavy atom. The molecule has 1 N–H and O–H groups in total. The van der Waals surface area contributed by atoms with Gasteiger partial charge in [-0.25, -0.2) is 17.6 Å². The molecule has 0 bridgehead atoms. The van der Waals surface area contributed by atoms with Crippen LogP contribution in [0, 0.1) is 5.82 Å². The largest absolute Gasteiger partial charge is 0.478 e. The quantitative estimate of drug-likeness (QED) is 0.886. The van der Waals surface area contributed by atoms with E-state index in [0.717, 1.165) is 28.8 Å². The lowest BCUT2D eigenvalue weighted by Gasteiger charge is -2.21. The second-order valence-corrected chi connectivity index (χ2v) is 5.31. The molecule has 94 valence electrons. The minimum Gasteiger partial charge on any atom is -0.478 e. The van der Waals surface area contributed by atoms with Gasteiger partial charge < -0.3 is 5.11 Å². The lowest BCUT2D eigenvalue weighted by molar-refractivity contribution is 0.0697. The van der Waals surface area contributed by atoms with Crippen LogP contribution < -0.4 is 4.31 Å². The molecular formula is C10H12FNO4S. The Hall–Kier alpha value is -1.63. The molecule has 0 atom stereocenters. The monoisotopic (exact) mass is 261 g/mol. The van der Waals surface area contributed by atoms with Crippen LogP contribution in [0.1, 0.15) is 17.3 Å². The van der Waals surface area contributed by atoms with Gasteiger partial charge in [-0.15, -0.1) is 0 Å². The standard InChI is InChI=1S/C10H12FNO4S/c1-3-12(17(2,15)16)9-6-7(10(13)14)4-5-8(9)11/h4-6H,3H2,1-2H3,(H,13,14). The molecule has 0 aliphatic rings. The Bertz CT molecular complexity index is 541. The average Bonchev–Trinajstić information content (AvgIpc) is 2.19. The number of sulfonamides is 1. The number of aromatic carboxylic acids is 1. The van der Waals surface area contributed by atoms with E-state index in [-0.39, 0.29) is 17.8 Å². The maximum Gasteiger partial charge on any atom is 0.335 e. The van der Waals surface area contributed by atoms with Gasteiger partial charge in [0.05, 0.1) is 17.5 Å². The summed E-state index contributed by atoms with van der Waals surface area (Å²) in [5.41, 5.74) is -0.418. The van der Waals surface area contributed by atoms with E-state index in [9.17, 15) is 17.6 Å². The molecule has 5 nitrogen and oxygen atoms in total. The summed E-state index contributed by atoms with van der Waals surface area (Å²) >= 11 is 0. The van der Waals surface area contributed by atoms with Crippen LogP contribution in [0.5, 0.6) is 0 Å². The number of hydrogen-bond acceptors (Lipinski definition) is 3. The third-order valence-corrected chi connectivity index (χ3v) is 3.40. The first-order valence-corrected chi connectivity index (χ1v) is 6.62. The van der Waals surface area contributed by atoms with Crippen molar-refractivity contribution >= 4 is 21.7 Å². The predicted octanol–water partition coefficient (Wildman–Crippen LogP) is 1.31. The number of rotatable bonds is 4. The van der Waals surface area contributed by atoms with Gasteiger partial charge >= 0.3 is 5.97 Å². The molecule has 0 saturated heterocycles. The van der Waals surface area contributed by atoms with Crippen molar-refractivity contribution in [2.24, 2.45) is 0 Å². The maximum absolute atomic E-state index is 13.5. The molecule has 1 aromatic carbocycles. The fourth-order valence-corrected chi connectivity index (χ4v) is 2.39. The van der Waals surface area contributed by atoms with Crippen LogP contribution in [0.4, 0.5) is 10.1 Å². The minimum absolute atomic E-state index is 0.0266. The first kappa shape index (κ1) is 13.4. The Morgan fingerprint density at radius 2 is 2.06 bits per heavy atom. The van der Waals surface area contributed by atoms with Gasteiger partial charge in [0.2, 0.25) is 10.0 Å². The fourth-order valence-electron chi connectivity index (χ4n) is 1.42. The van der Waals surface area contributed by atoms with Gasteiger partial charge in [-0.05, 0) is 25.1 Å². The first-order chi connectivity index (χ1) is 7.77. The highest BCUT2D eigenvalue weighted by Gasteiger charge is 2.20. The van der Waals surface area contributed by atoms with Crippen LogP contribution >= 0.6 is 0 Å². The lowest BCUT2D eigenvalue weighted by atomic mass is 10.2. The predicted molar refractivity (Wildman–Crippen MR) is 61.2 cm³/mol. The highest BCUT2D eigenvalue weighted by atomic mass is 32.2. The van der Waals surface area contributed by atoms with Crippen LogP contribution in [-0.2, 0) is 10.0 Å². The second-order valence-electron chi connectivity index (χ2n) is 3.40. The molecular weight excluding hydrogens is 249 g/mol. The number of carboxylic acid groups (broad SMARTS) is 1. The topological polar surface area (TPSA) is 74.7 Å². The van der Waals surface area contributed by atoms with Crippen molar-refractivity contribution in [2.45, 2.75) is 6.92 Å². The number of benzene rings is 1. The number of hydrogen-bond donors (Lipinski definition) is 1. The second kappa shape index (κ2) is 4.70. The van der Waals surface area contributed by atoms with Gasteiger partial charge in [-0.3, -0.25) is 4.31 Å². The number of carboxylic acids is 1. The lowest BCUT2D eigenvalue weighted by Crippen LogP contribution is -2.30. The Labute approximate surface area is 98.5 Å². The van der Waals surface area contributed by atoms with E-state index in [4.69, 9.17) is 5.11 Å². The highest BCUT2D eigenvalue weighted by Crippen LogP contribution is 2.23. The molecule has 0 spiro atoms. The Kier molecular flexibility index (Phi) is 3.72. The van der Waals surface area contributed by atoms with Crippen LogP contribution in [0.2, 0.25) is 0 Å². The van der Waals surface area contributed by atoms with Crippen molar-refractivity contribution in [3.63, 3.8) is 0 Å². The molecule has 7 heteroatoms. The zero-order valence-corrected chi connectivity index (χ0v) is 10.2. The number of nitrogens with zero attached hydrogens (tertiary/aromatic N) is 1. The summed E-state index contributed by atoms with van der Waals surface area (Å²) in [6, 6.07) is 3.02. The summed E-state index contributed by atoms with van der Waals surface area (Å²) in [5, 5.41) is 8.77. The van der Waals surface area contributed by atoms with E-state index in [1.807, 2.05) is 0 Å². The normalized spacial score (nSPS) is 11.2.